The summed E-state index contributed by atoms with van der Waals surface area (Å²) < 4.78 is 5.74. The fourth-order valence-corrected chi connectivity index (χ4v) is 2.28. The third kappa shape index (κ3) is 2.98. The van der Waals surface area contributed by atoms with Crippen molar-refractivity contribution in [1.82, 2.24) is 0 Å². The molecule has 0 N–H and O–H groups in total. The zero-order valence-corrected chi connectivity index (χ0v) is 10.4. The van der Waals surface area contributed by atoms with Crippen molar-refractivity contribution in [3.05, 3.63) is 60.2 Å². The Bertz CT molecular complexity index is 445. The molecule has 3 heteroatoms. The summed E-state index contributed by atoms with van der Waals surface area (Å²) >= 11 is 5.86. The number of halogens is 1. The number of rotatable bonds is 4. The molecule has 1 atom stereocenters. The summed E-state index contributed by atoms with van der Waals surface area (Å²) in [5, 5.41) is 1.06. The number of para-hydroxylation sites is 1. The molecule has 0 amide bonds. The summed E-state index contributed by atoms with van der Waals surface area (Å²) in [5.74, 6) is 0.875. The maximum Gasteiger partial charge on any atom is 0.128 e. The molecule has 0 saturated carbocycles. The van der Waals surface area contributed by atoms with E-state index >= 15 is 0 Å². The average molecular weight is 251 g/mol. The van der Waals surface area contributed by atoms with Gasteiger partial charge in [-0.2, -0.15) is 0 Å². The highest BCUT2D eigenvalue weighted by atomic mass is 35.7. The lowest BCUT2D eigenvalue weighted by molar-refractivity contribution is 0.309. The first-order chi connectivity index (χ1) is 7.90. The number of hydrogen-bond acceptors (Lipinski definition) is 1. The van der Waals surface area contributed by atoms with Crippen molar-refractivity contribution in [3.63, 3.8) is 0 Å². The molecule has 2 rings (SSSR count). The van der Waals surface area contributed by atoms with Crippen molar-refractivity contribution in [2.75, 3.05) is 0 Å². The molecule has 82 valence electrons. The van der Waals surface area contributed by atoms with E-state index in [0.717, 1.165) is 16.6 Å². The molecule has 2 aromatic rings. The Morgan fingerprint density at radius 1 is 0.938 bits per heavy atom. The van der Waals surface area contributed by atoms with Crippen LogP contribution in [0, 0.1) is 0 Å². The van der Waals surface area contributed by atoms with Gasteiger partial charge in [-0.05, 0) is 17.7 Å². The van der Waals surface area contributed by atoms with Crippen LogP contribution in [0.2, 0.25) is 0 Å². The average Bonchev–Trinajstić information content (AvgIpc) is 2.38. The smallest absolute Gasteiger partial charge is 0.128 e. The molecule has 1 nitrogen and oxygen atoms in total. The van der Waals surface area contributed by atoms with Gasteiger partial charge < -0.3 is 4.74 Å². The molecule has 0 aliphatic carbocycles. The van der Waals surface area contributed by atoms with Gasteiger partial charge in [-0.1, -0.05) is 53.7 Å². The maximum atomic E-state index is 5.86. The summed E-state index contributed by atoms with van der Waals surface area (Å²) in [6.45, 7) is 0.583. The molecule has 0 bridgehead atoms. The van der Waals surface area contributed by atoms with Gasteiger partial charge in [-0.3, -0.25) is 0 Å². The van der Waals surface area contributed by atoms with Crippen LogP contribution in [0.25, 0.3) is 0 Å². The zero-order valence-electron chi connectivity index (χ0n) is 8.69. The van der Waals surface area contributed by atoms with Crippen molar-refractivity contribution in [2.24, 2.45) is 0 Å². The Kier molecular flexibility index (Phi) is 4.21. The van der Waals surface area contributed by atoms with Crippen molar-refractivity contribution in [1.29, 1.82) is 0 Å². The number of ether oxygens (including phenoxy) is 1. The van der Waals surface area contributed by atoms with Crippen LogP contribution >= 0.6 is 19.2 Å². The third-order valence-electron chi connectivity index (χ3n) is 2.23. The minimum absolute atomic E-state index is 0.244. The van der Waals surface area contributed by atoms with E-state index in [9.17, 15) is 0 Å². The van der Waals surface area contributed by atoms with E-state index in [2.05, 4.69) is 0 Å². The van der Waals surface area contributed by atoms with Gasteiger partial charge in [-0.15, -0.1) is 0 Å². The minimum atomic E-state index is 0.244. The van der Waals surface area contributed by atoms with Crippen molar-refractivity contribution >= 4 is 24.5 Å². The van der Waals surface area contributed by atoms with Crippen molar-refractivity contribution in [3.8, 4) is 5.75 Å². The standard InChI is InChI=1S/C13H12ClOP/c14-16-13-9-5-4-8-12(13)15-10-11-6-2-1-3-7-11/h1-9,16H,10H2. The van der Waals surface area contributed by atoms with Crippen LogP contribution in [0.1, 0.15) is 5.56 Å². The molecule has 0 fully saturated rings. The SMILES string of the molecule is ClPc1ccccc1OCc1ccccc1. The zero-order chi connectivity index (χ0) is 11.2. The monoisotopic (exact) mass is 250 g/mol. The molecular weight excluding hydrogens is 239 g/mol. The summed E-state index contributed by atoms with van der Waals surface area (Å²) in [7, 11) is 0.244. The Morgan fingerprint density at radius 3 is 2.38 bits per heavy atom. The molecule has 0 aliphatic rings. The van der Waals surface area contributed by atoms with Gasteiger partial charge in [0, 0.05) is 13.2 Å². The van der Waals surface area contributed by atoms with Gasteiger partial charge in [0.25, 0.3) is 0 Å². The van der Waals surface area contributed by atoms with Crippen LogP contribution in [0.4, 0.5) is 0 Å². The lowest BCUT2D eigenvalue weighted by atomic mass is 10.2. The Hall–Kier alpha value is -1.04. The largest absolute Gasteiger partial charge is 0.488 e. The second-order valence-corrected chi connectivity index (χ2v) is 4.66. The molecule has 0 spiro atoms. The molecular formula is C13H12ClOP. The van der Waals surface area contributed by atoms with Gasteiger partial charge in [0.05, 0.1) is 0 Å². The molecule has 2 aromatic carbocycles. The molecule has 0 aromatic heterocycles. The van der Waals surface area contributed by atoms with Gasteiger partial charge in [-0.25, -0.2) is 0 Å². The first-order valence-electron chi connectivity index (χ1n) is 5.02. The van der Waals surface area contributed by atoms with Crippen LogP contribution in [0.5, 0.6) is 5.75 Å². The molecule has 16 heavy (non-hydrogen) atoms. The van der Waals surface area contributed by atoms with E-state index in [1.54, 1.807) is 0 Å². The molecule has 0 saturated heterocycles. The second kappa shape index (κ2) is 5.89. The predicted molar refractivity (Wildman–Crippen MR) is 71.0 cm³/mol. The normalized spacial score (nSPS) is 10.8. The number of benzene rings is 2. The Labute approximate surface area is 102 Å². The van der Waals surface area contributed by atoms with Crippen LogP contribution in [-0.2, 0) is 6.61 Å². The van der Waals surface area contributed by atoms with Gasteiger partial charge in [0.1, 0.15) is 12.4 Å². The quantitative estimate of drug-likeness (QED) is 0.752. The lowest BCUT2D eigenvalue weighted by Gasteiger charge is -2.09. The predicted octanol–water partition coefficient (Wildman–Crippen LogP) is 3.72. The fraction of sp³-hybridized carbons (Fsp3) is 0.0769. The highest BCUT2D eigenvalue weighted by Gasteiger charge is 2.01. The molecule has 1 unspecified atom stereocenters. The topological polar surface area (TPSA) is 9.23 Å². The Balaban J connectivity index is 2.05. The summed E-state index contributed by atoms with van der Waals surface area (Å²) in [6.07, 6.45) is 0. The summed E-state index contributed by atoms with van der Waals surface area (Å²) in [5.41, 5.74) is 1.16. The van der Waals surface area contributed by atoms with E-state index in [4.69, 9.17) is 16.0 Å². The maximum absolute atomic E-state index is 5.86. The van der Waals surface area contributed by atoms with Crippen LogP contribution in [0.3, 0.4) is 0 Å². The molecule has 0 radical (unpaired) electrons. The van der Waals surface area contributed by atoms with Crippen LogP contribution in [-0.4, -0.2) is 0 Å². The minimum Gasteiger partial charge on any atom is -0.488 e. The first-order valence-corrected chi connectivity index (χ1v) is 7.04. The third-order valence-corrected chi connectivity index (χ3v) is 3.45. The van der Waals surface area contributed by atoms with E-state index in [0.29, 0.717) is 6.61 Å². The van der Waals surface area contributed by atoms with Gasteiger partial charge >= 0.3 is 0 Å². The van der Waals surface area contributed by atoms with Crippen LogP contribution < -0.4 is 10.0 Å². The highest BCUT2D eigenvalue weighted by molar-refractivity contribution is 7.75. The fourth-order valence-electron chi connectivity index (χ4n) is 1.41. The molecule has 0 heterocycles. The molecule has 0 aliphatic heterocycles. The van der Waals surface area contributed by atoms with E-state index < -0.39 is 0 Å². The number of hydrogen-bond donors (Lipinski definition) is 0. The van der Waals surface area contributed by atoms with Gasteiger partial charge in [0.15, 0.2) is 0 Å². The summed E-state index contributed by atoms with van der Waals surface area (Å²) in [6, 6.07) is 18.0. The summed E-state index contributed by atoms with van der Waals surface area (Å²) in [4.78, 5) is 0. The lowest BCUT2D eigenvalue weighted by Crippen LogP contribution is -2.03. The van der Waals surface area contributed by atoms with Crippen molar-refractivity contribution < 1.29 is 4.74 Å². The van der Waals surface area contributed by atoms with Crippen LogP contribution in [0.15, 0.2) is 54.6 Å². The van der Waals surface area contributed by atoms with E-state index in [1.165, 1.54) is 0 Å². The highest BCUT2D eigenvalue weighted by Crippen LogP contribution is 2.23. The first kappa shape index (κ1) is 11.4. The van der Waals surface area contributed by atoms with E-state index in [1.807, 2.05) is 54.6 Å². The van der Waals surface area contributed by atoms with Gasteiger partial charge in [0.2, 0.25) is 0 Å². The van der Waals surface area contributed by atoms with E-state index in [-0.39, 0.29) is 7.93 Å². The Morgan fingerprint density at radius 2 is 1.62 bits per heavy atom. The second-order valence-electron chi connectivity index (χ2n) is 3.36. The van der Waals surface area contributed by atoms with Crippen molar-refractivity contribution in [2.45, 2.75) is 6.61 Å².